The maximum atomic E-state index is 12.1. The fourth-order valence-electron chi connectivity index (χ4n) is 3.08. The number of likely N-dealkylation sites (N-methyl/N-ethyl adjacent to an activating group) is 1. The molecule has 6 nitrogen and oxygen atoms in total. The fourth-order valence-corrected chi connectivity index (χ4v) is 3.08. The van der Waals surface area contributed by atoms with Crippen LogP contribution in [0.5, 0.6) is 0 Å². The van der Waals surface area contributed by atoms with E-state index in [1.54, 1.807) is 4.90 Å². The Balaban J connectivity index is 1.41. The predicted molar refractivity (Wildman–Crippen MR) is 94.1 cm³/mol. The molecule has 6 heteroatoms. The number of nitrogens with one attached hydrogen (secondary N) is 2. The highest BCUT2D eigenvalue weighted by atomic mass is 16.2. The normalized spacial score (nSPS) is 18.8. The third-order valence-electron chi connectivity index (χ3n) is 5.00. The highest BCUT2D eigenvalue weighted by molar-refractivity contribution is 5.92. The van der Waals surface area contributed by atoms with Crippen LogP contribution in [-0.2, 0) is 4.79 Å². The van der Waals surface area contributed by atoms with Crippen molar-refractivity contribution in [3.05, 3.63) is 29.8 Å². The van der Waals surface area contributed by atoms with Crippen LogP contribution in [0.3, 0.4) is 0 Å². The van der Waals surface area contributed by atoms with E-state index in [-0.39, 0.29) is 18.5 Å². The third kappa shape index (κ3) is 4.26. The molecule has 2 aliphatic rings. The summed E-state index contributed by atoms with van der Waals surface area (Å²) in [7, 11) is 2.05. The summed E-state index contributed by atoms with van der Waals surface area (Å²) in [4.78, 5) is 28.0. The van der Waals surface area contributed by atoms with E-state index in [4.69, 9.17) is 0 Å². The van der Waals surface area contributed by atoms with E-state index in [0.717, 1.165) is 31.9 Å². The largest absolute Gasteiger partial charge is 0.339 e. The molecule has 130 valence electrons. The number of piperazine rings is 1. The molecule has 24 heavy (non-hydrogen) atoms. The molecule has 0 unspecified atom stereocenters. The van der Waals surface area contributed by atoms with Gasteiger partial charge in [0, 0.05) is 31.9 Å². The molecule has 1 aromatic rings. The predicted octanol–water partition coefficient (Wildman–Crippen LogP) is 1.85. The average molecular weight is 330 g/mol. The Kier molecular flexibility index (Phi) is 5.35. The van der Waals surface area contributed by atoms with Crippen molar-refractivity contribution in [2.45, 2.75) is 25.2 Å². The number of rotatable bonds is 4. The van der Waals surface area contributed by atoms with E-state index in [0.29, 0.717) is 5.92 Å². The number of carbonyl (C=O) groups excluding carboxylic acids is 2. The Bertz CT molecular complexity index is 575. The van der Waals surface area contributed by atoms with Crippen molar-refractivity contribution in [2.75, 3.05) is 45.1 Å². The number of hydrogen-bond acceptors (Lipinski definition) is 3. The Morgan fingerprint density at radius 2 is 1.75 bits per heavy atom. The first kappa shape index (κ1) is 16.8. The fraction of sp³-hybridized carbons (Fsp3) is 0.556. The van der Waals surface area contributed by atoms with Gasteiger partial charge in [-0.1, -0.05) is 18.6 Å². The number of nitrogens with zero attached hydrogens (tertiary/aromatic N) is 2. The van der Waals surface area contributed by atoms with Gasteiger partial charge < -0.3 is 20.4 Å². The summed E-state index contributed by atoms with van der Waals surface area (Å²) in [6.45, 7) is 3.24. The highest BCUT2D eigenvalue weighted by Crippen LogP contribution is 2.36. The first-order valence-electron chi connectivity index (χ1n) is 8.73. The Morgan fingerprint density at radius 1 is 1.08 bits per heavy atom. The standard InChI is InChI=1S/C18H26N4O2/c1-21-9-11-22(12-10-21)17(23)13-19-18(24)20-16-7-5-15(6-8-16)14-3-2-4-14/h5-8,14H,2-4,9-13H2,1H3,(H2,19,20,24). The molecule has 1 heterocycles. The van der Waals surface area contributed by atoms with Gasteiger partial charge in [-0.2, -0.15) is 0 Å². The topological polar surface area (TPSA) is 64.7 Å². The van der Waals surface area contributed by atoms with E-state index in [1.165, 1.54) is 24.8 Å². The monoisotopic (exact) mass is 330 g/mol. The minimum absolute atomic E-state index is 0.0291. The molecule has 0 spiro atoms. The second-order valence-electron chi connectivity index (χ2n) is 6.74. The van der Waals surface area contributed by atoms with Gasteiger partial charge in [0.25, 0.3) is 0 Å². The van der Waals surface area contributed by atoms with Crippen molar-refractivity contribution in [1.29, 1.82) is 0 Å². The molecule has 1 aliphatic carbocycles. The molecule has 0 radical (unpaired) electrons. The van der Waals surface area contributed by atoms with Gasteiger partial charge >= 0.3 is 6.03 Å². The van der Waals surface area contributed by atoms with Crippen LogP contribution >= 0.6 is 0 Å². The van der Waals surface area contributed by atoms with E-state index < -0.39 is 0 Å². The van der Waals surface area contributed by atoms with Crippen molar-refractivity contribution >= 4 is 17.6 Å². The maximum absolute atomic E-state index is 12.1. The number of amides is 3. The first-order chi connectivity index (χ1) is 11.6. The molecule has 3 rings (SSSR count). The van der Waals surface area contributed by atoms with Gasteiger partial charge in [0.2, 0.25) is 5.91 Å². The summed E-state index contributed by atoms with van der Waals surface area (Å²) in [5, 5.41) is 5.42. The minimum atomic E-state index is -0.339. The molecule has 3 amide bonds. The lowest BCUT2D eigenvalue weighted by Crippen LogP contribution is -2.50. The van der Waals surface area contributed by atoms with Crippen molar-refractivity contribution in [3.63, 3.8) is 0 Å². The zero-order valence-corrected chi connectivity index (χ0v) is 14.3. The number of hydrogen-bond donors (Lipinski definition) is 2. The summed E-state index contributed by atoms with van der Waals surface area (Å²) < 4.78 is 0. The van der Waals surface area contributed by atoms with E-state index in [2.05, 4.69) is 27.7 Å². The zero-order chi connectivity index (χ0) is 16.9. The van der Waals surface area contributed by atoms with Gasteiger partial charge in [-0.05, 0) is 43.5 Å². The number of anilines is 1. The Labute approximate surface area is 143 Å². The quantitative estimate of drug-likeness (QED) is 0.885. The third-order valence-corrected chi connectivity index (χ3v) is 5.00. The molecule has 1 saturated heterocycles. The second kappa shape index (κ2) is 7.66. The van der Waals surface area contributed by atoms with Crippen LogP contribution in [0.4, 0.5) is 10.5 Å². The Hall–Kier alpha value is -2.08. The van der Waals surface area contributed by atoms with Crippen molar-refractivity contribution < 1.29 is 9.59 Å². The minimum Gasteiger partial charge on any atom is -0.339 e. The molecule has 2 N–H and O–H groups in total. The number of carbonyl (C=O) groups is 2. The maximum Gasteiger partial charge on any atom is 0.319 e. The van der Waals surface area contributed by atoms with Gasteiger partial charge in [-0.25, -0.2) is 4.79 Å². The van der Waals surface area contributed by atoms with Crippen LogP contribution in [0.2, 0.25) is 0 Å². The van der Waals surface area contributed by atoms with Gasteiger partial charge in [-0.3, -0.25) is 4.79 Å². The van der Waals surface area contributed by atoms with Crippen molar-refractivity contribution in [2.24, 2.45) is 0 Å². The zero-order valence-electron chi connectivity index (χ0n) is 14.3. The van der Waals surface area contributed by atoms with Gasteiger partial charge in [-0.15, -0.1) is 0 Å². The average Bonchev–Trinajstić information content (AvgIpc) is 2.53. The van der Waals surface area contributed by atoms with Crippen molar-refractivity contribution in [3.8, 4) is 0 Å². The molecule has 2 fully saturated rings. The molecule has 0 bridgehead atoms. The van der Waals surface area contributed by atoms with Gasteiger partial charge in [0.05, 0.1) is 6.54 Å². The molecule has 0 aromatic heterocycles. The van der Waals surface area contributed by atoms with E-state index in [9.17, 15) is 9.59 Å². The molecule has 1 aromatic carbocycles. The molecular weight excluding hydrogens is 304 g/mol. The van der Waals surface area contributed by atoms with Crippen molar-refractivity contribution in [1.82, 2.24) is 15.1 Å². The molecule has 1 saturated carbocycles. The van der Waals surface area contributed by atoms with E-state index in [1.807, 2.05) is 19.2 Å². The highest BCUT2D eigenvalue weighted by Gasteiger charge is 2.20. The van der Waals surface area contributed by atoms with Gasteiger partial charge in [0.15, 0.2) is 0 Å². The van der Waals surface area contributed by atoms with Crippen LogP contribution in [0.25, 0.3) is 0 Å². The molecule has 0 atom stereocenters. The molecular formula is C18H26N4O2. The number of benzene rings is 1. The van der Waals surface area contributed by atoms with Gasteiger partial charge in [0.1, 0.15) is 0 Å². The summed E-state index contributed by atoms with van der Waals surface area (Å²) in [6.07, 6.45) is 3.84. The molecule has 1 aliphatic heterocycles. The summed E-state index contributed by atoms with van der Waals surface area (Å²) >= 11 is 0. The first-order valence-corrected chi connectivity index (χ1v) is 8.73. The summed E-state index contributed by atoms with van der Waals surface area (Å²) in [5.41, 5.74) is 2.10. The summed E-state index contributed by atoms with van der Waals surface area (Å²) in [5.74, 6) is 0.660. The smallest absolute Gasteiger partial charge is 0.319 e. The van der Waals surface area contributed by atoms with E-state index >= 15 is 0 Å². The van der Waals surface area contributed by atoms with Crippen LogP contribution in [-0.4, -0.2) is 61.5 Å². The van der Waals surface area contributed by atoms with Crippen LogP contribution < -0.4 is 10.6 Å². The SMILES string of the molecule is CN1CCN(C(=O)CNC(=O)Nc2ccc(C3CCC3)cc2)CC1. The second-order valence-corrected chi connectivity index (χ2v) is 6.74. The number of urea groups is 1. The Morgan fingerprint density at radius 3 is 2.33 bits per heavy atom. The van der Waals surface area contributed by atoms with Crippen LogP contribution in [0.1, 0.15) is 30.7 Å². The lowest BCUT2D eigenvalue weighted by Gasteiger charge is -2.32. The van der Waals surface area contributed by atoms with Crippen LogP contribution in [0, 0.1) is 0 Å². The van der Waals surface area contributed by atoms with Crippen LogP contribution in [0.15, 0.2) is 24.3 Å². The lowest BCUT2D eigenvalue weighted by atomic mass is 9.80. The lowest BCUT2D eigenvalue weighted by molar-refractivity contribution is -0.131. The summed E-state index contributed by atoms with van der Waals surface area (Å²) in [6, 6.07) is 7.67.